The molecule has 78 valence electrons. The second-order valence-corrected chi connectivity index (χ2v) is 3.45. The summed E-state index contributed by atoms with van der Waals surface area (Å²) in [7, 11) is 1.66. The Labute approximate surface area is 89.0 Å². The molecule has 0 spiro atoms. The van der Waals surface area contributed by atoms with E-state index in [1.54, 1.807) is 19.4 Å². The number of ether oxygens (including phenoxy) is 2. The number of hydrogen-bond acceptors (Lipinski definition) is 3. The second-order valence-electron chi connectivity index (χ2n) is 3.06. The van der Waals surface area contributed by atoms with Crippen molar-refractivity contribution in [2.45, 2.75) is 19.6 Å². The van der Waals surface area contributed by atoms with Gasteiger partial charge in [0.15, 0.2) is 0 Å². The lowest BCUT2D eigenvalue weighted by Crippen LogP contribution is -2.14. The molecule has 0 radical (unpaired) electrons. The van der Waals surface area contributed by atoms with Crippen LogP contribution in [-0.2, 0) is 16.1 Å². The highest BCUT2D eigenvalue weighted by molar-refractivity contribution is 6.29. The van der Waals surface area contributed by atoms with Crippen LogP contribution in [0.15, 0.2) is 18.3 Å². The van der Waals surface area contributed by atoms with Crippen molar-refractivity contribution < 1.29 is 9.47 Å². The van der Waals surface area contributed by atoms with Gasteiger partial charge < -0.3 is 9.47 Å². The first kappa shape index (κ1) is 11.4. The third-order valence-electron chi connectivity index (χ3n) is 1.73. The van der Waals surface area contributed by atoms with Crippen molar-refractivity contribution in [3.8, 4) is 0 Å². The van der Waals surface area contributed by atoms with Crippen molar-refractivity contribution in [2.24, 2.45) is 0 Å². The molecule has 0 saturated carbocycles. The Kier molecular flexibility index (Phi) is 4.87. The van der Waals surface area contributed by atoms with Gasteiger partial charge in [0, 0.05) is 13.3 Å². The van der Waals surface area contributed by atoms with Gasteiger partial charge in [-0.2, -0.15) is 0 Å². The van der Waals surface area contributed by atoms with Crippen LogP contribution in [-0.4, -0.2) is 24.8 Å². The monoisotopic (exact) mass is 215 g/mol. The zero-order chi connectivity index (χ0) is 10.4. The minimum atomic E-state index is 0.0898. The van der Waals surface area contributed by atoms with Gasteiger partial charge in [-0.25, -0.2) is 4.98 Å². The van der Waals surface area contributed by atoms with Gasteiger partial charge >= 0.3 is 0 Å². The van der Waals surface area contributed by atoms with E-state index in [1.165, 1.54) is 0 Å². The first-order chi connectivity index (χ1) is 6.72. The fourth-order valence-corrected chi connectivity index (χ4v) is 1.25. The number of halogens is 1. The highest BCUT2D eigenvalue weighted by Gasteiger charge is 2.02. The molecule has 0 amide bonds. The maximum absolute atomic E-state index is 5.73. The summed E-state index contributed by atoms with van der Waals surface area (Å²) in [5, 5.41) is 0.491. The van der Waals surface area contributed by atoms with Crippen LogP contribution in [0.4, 0.5) is 0 Å². The summed E-state index contributed by atoms with van der Waals surface area (Å²) < 4.78 is 10.5. The molecule has 0 aliphatic heterocycles. The lowest BCUT2D eigenvalue weighted by Gasteiger charge is -2.11. The number of hydrogen-bond donors (Lipinski definition) is 0. The highest BCUT2D eigenvalue weighted by Crippen LogP contribution is 2.09. The quantitative estimate of drug-likeness (QED) is 0.707. The molecule has 3 nitrogen and oxygen atoms in total. The first-order valence-corrected chi connectivity index (χ1v) is 4.81. The van der Waals surface area contributed by atoms with Gasteiger partial charge in [-0.05, 0) is 24.6 Å². The fraction of sp³-hybridized carbons (Fsp3) is 0.500. The summed E-state index contributed by atoms with van der Waals surface area (Å²) in [6.07, 6.45) is 1.76. The van der Waals surface area contributed by atoms with Gasteiger partial charge in [-0.15, -0.1) is 0 Å². The molecule has 0 saturated heterocycles. The summed E-state index contributed by atoms with van der Waals surface area (Å²) in [5.74, 6) is 0. The van der Waals surface area contributed by atoms with Crippen molar-refractivity contribution in [1.29, 1.82) is 0 Å². The molecule has 4 heteroatoms. The van der Waals surface area contributed by atoms with E-state index >= 15 is 0 Å². The average molecular weight is 216 g/mol. The van der Waals surface area contributed by atoms with Crippen LogP contribution in [0.5, 0.6) is 0 Å². The van der Waals surface area contributed by atoms with Crippen molar-refractivity contribution in [3.63, 3.8) is 0 Å². The summed E-state index contributed by atoms with van der Waals surface area (Å²) in [5.41, 5.74) is 1.02. The topological polar surface area (TPSA) is 31.4 Å². The van der Waals surface area contributed by atoms with E-state index in [0.29, 0.717) is 18.4 Å². The van der Waals surface area contributed by atoms with Gasteiger partial charge in [0.1, 0.15) is 5.15 Å². The summed E-state index contributed by atoms with van der Waals surface area (Å²) in [6.45, 7) is 3.10. The third kappa shape index (κ3) is 4.05. The largest absolute Gasteiger partial charge is 0.382 e. The molecule has 0 N–H and O–H groups in total. The van der Waals surface area contributed by atoms with E-state index in [9.17, 15) is 0 Å². The molecule has 1 atom stereocenters. The molecule has 1 rings (SSSR count). The maximum Gasteiger partial charge on any atom is 0.129 e. The van der Waals surface area contributed by atoms with Crippen LogP contribution >= 0.6 is 11.6 Å². The van der Waals surface area contributed by atoms with Gasteiger partial charge in [0.25, 0.3) is 0 Å². The molecule has 0 bridgehead atoms. The van der Waals surface area contributed by atoms with Gasteiger partial charge in [0.05, 0.1) is 19.3 Å². The molecule has 0 aliphatic rings. The van der Waals surface area contributed by atoms with E-state index < -0.39 is 0 Å². The second kappa shape index (κ2) is 5.96. The van der Waals surface area contributed by atoms with E-state index in [4.69, 9.17) is 21.1 Å². The van der Waals surface area contributed by atoms with Crippen molar-refractivity contribution in [3.05, 3.63) is 29.0 Å². The van der Waals surface area contributed by atoms with Crippen LogP contribution in [0.3, 0.4) is 0 Å². The number of aromatic nitrogens is 1. The molecule has 0 aromatic carbocycles. The summed E-state index contributed by atoms with van der Waals surface area (Å²) in [4.78, 5) is 3.89. The minimum Gasteiger partial charge on any atom is -0.382 e. The van der Waals surface area contributed by atoms with Crippen LogP contribution < -0.4 is 0 Å². The van der Waals surface area contributed by atoms with Gasteiger partial charge in [0.2, 0.25) is 0 Å². The Balaban J connectivity index is 2.37. The summed E-state index contributed by atoms with van der Waals surface area (Å²) >= 11 is 5.73. The molecule has 1 aromatic rings. The van der Waals surface area contributed by atoms with E-state index in [2.05, 4.69) is 4.98 Å². The Morgan fingerprint density at radius 2 is 2.36 bits per heavy atom. The third-order valence-corrected chi connectivity index (χ3v) is 1.93. The average Bonchev–Trinajstić information content (AvgIpc) is 2.15. The molecular formula is C10H14ClNO2. The Hall–Kier alpha value is -0.640. The Morgan fingerprint density at radius 3 is 3.00 bits per heavy atom. The van der Waals surface area contributed by atoms with E-state index in [0.717, 1.165) is 5.56 Å². The molecule has 0 aliphatic carbocycles. The maximum atomic E-state index is 5.73. The lowest BCUT2D eigenvalue weighted by atomic mass is 10.3. The Bertz CT molecular complexity index is 281. The van der Waals surface area contributed by atoms with Crippen LogP contribution in [0.25, 0.3) is 0 Å². The fourth-order valence-electron chi connectivity index (χ4n) is 1.05. The van der Waals surface area contributed by atoms with Crippen LogP contribution in [0.2, 0.25) is 5.15 Å². The Morgan fingerprint density at radius 1 is 1.57 bits per heavy atom. The molecule has 14 heavy (non-hydrogen) atoms. The molecule has 1 unspecified atom stereocenters. The van der Waals surface area contributed by atoms with Crippen molar-refractivity contribution in [2.75, 3.05) is 13.7 Å². The number of pyridine rings is 1. The number of rotatable bonds is 5. The predicted molar refractivity (Wildman–Crippen MR) is 55.4 cm³/mol. The van der Waals surface area contributed by atoms with E-state index in [1.807, 2.05) is 13.0 Å². The minimum absolute atomic E-state index is 0.0898. The van der Waals surface area contributed by atoms with E-state index in [-0.39, 0.29) is 6.10 Å². The molecule has 1 aromatic heterocycles. The first-order valence-electron chi connectivity index (χ1n) is 4.43. The van der Waals surface area contributed by atoms with Crippen molar-refractivity contribution >= 4 is 11.6 Å². The van der Waals surface area contributed by atoms with Gasteiger partial charge in [-0.3, -0.25) is 0 Å². The smallest absolute Gasteiger partial charge is 0.129 e. The van der Waals surface area contributed by atoms with Gasteiger partial charge in [-0.1, -0.05) is 11.6 Å². The normalized spacial score (nSPS) is 12.8. The highest BCUT2D eigenvalue weighted by atomic mass is 35.5. The molecular weight excluding hydrogens is 202 g/mol. The zero-order valence-corrected chi connectivity index (χ0v) is 9.12. The summed E-state index contributed by atoms with van der Waals surface area (Å²) in [6, 6.07) is 3.67. The zero-order valence-electron chi connectivity index (χ0n) is 8.37. The number of nitrogens with zero attached hydrogens (tertiary/aromatic N) is 1. The number of methoxy groups -OCH3 is 1. The van der Waals surface area contributed by atoms with Crippen LogP contribution in [0.1, 0.15) is 12.5 Å². The van der Waals surface area contributed by atoms with Crippen molar-refractivity contribution in [1.82, 2.24) is 4.98 Å². The molecule has 0 fully saturated rings. The molecule has 1 heterocycles. The SMILES string of the molecule is COCC(C)OCc1ccnc(Cl)c1. The van der Waals surface area contributed by atoms with Crippen LogP contribution in [0, 0.1) is 0 Å². The predicted octanol–water partition coefficient (Wildman–Crippen LogP) is 2.29. The standard InChI is InChI=1S/C10H14ClNO2/c1-8(6-13-2)14-7-9-3-4-12-10(11)5-9/h3-5,8H,6-7H2,1-2H3. The lowest BCUT2D eigenvalue weighted by molar-refractivity contribution is -0.000145.